The molecular formula is C16H26N2O2. The molecule has 20 heavy (non-hydrogen) atoms. The molecule has 2 atom stereocenters. The lowest BCUT2D eigenvalue weighted by Crippen LogP contribution is -2.40. The highest BCUT2D eigenvalue weighted by Crippen LogP contribution is 2.34. The Bertz CT molecular complexity index is 436. The Morgan fingerprint density at radius 3 is 2.75 bits per heavy atom. The molecule has 1 heterocycles. The normalized spacial score (nSPS) is 21.5. The first-order valence-corrected chi connectivity index (χ1v) is 7.35. The number of hydrogen-bond acceptors (Lipinski definition) is 4. The van der Waals surface area contributed by atoms with Crippen LogP contribution in [0.3, 0.4) is 0 Å². The lowest BCUT2D eigenvalue weighted by atomic mass is 9.95. The van der Waals surface area contributed by atoms with E-state index in [4.69, 9.17) is 15.2 Å². The van der Waals surface area contributed by atoms with Gasteiger partial charge in [0, 0.05) is 18.7 Å². The fraction of sp³-hybridized carbons (Fsp3) is 0.625. The van der Waals surface area contributed by atoms with Crippen molar-refractivity contribution in [2.24, 2.45) is 11.7 Å². The van der Waals surface area contributed by atoms with Crippen LogP contribution < -0.4 is 15.2 Å². The molecule has 0 aliphatic carbocycles. The molecule has 0 aromatic heterocycles. The first-order chi connectivity index (χ1) is 9.69. The maximum atomic E-state index is 6.06. The van der Waals surface area contributed by atoms with E-state index in [1.807, 2.05) is 12.1 Å². The maximum Gasteiger partial charge on any atom is 0.123 e. The molecule has 1 aromatic carbocycles. The second-order valence-electron chi connectivity index (χ2n) is 5.60. The summed E-state index contributed by atoms with van der Waals surface area (Å²) in [6.07, 6.45) is 2.55. The molecule has 4 heteroatoms. The molecule has 1 aliphatic heterocycles. The highest BCUT2D eigenvalue weighted by atomic mass is 16.5. The topological polar surface area (TPSA) is 47.7 Å². The van der Waals surface area contributed by atoms with Crippen LogP contribution in [0.25, 0.3) is 0 Å². The quantitative estimate of drug-likeness (QED) is 0.898. The third-order valence-corrected chi connectivity index (χ3v) is 4.15. The fourth-order valence-electron chi connectivity index (χ4n) is 3.08. The Morgan fingerprint density at radius 2 is 2.15 bits per heavy atom. The van der Waals surface area contributed by atoms with Gasteiger partial charge < -0.3 is 15.2 Å². The first-order valence-electron chi connectivity index (χ1n) is 7.35. The van der Waals surface area contributed by atoms with Gasteiger partial charge in [0.05, 0.1) is 20.3 Å². The monoisotopic (exact) mass is 278 g/mol. The molecule has 1 fully saturated rings. The Hall–Kier alpha value is -1.26. The molecule has 4 nitrogen and oxygen atoms in total. The molecular weight excluding hydrogens is 252 g/mol. The standard InChI is InChI=1S/C16H26N2O2/c1-12-5-4-8-18(11-12)15(10-17)14-9-13(19-2)6-7-16(14)20-3/h6-7,9,12,15H,4-5,8,10-11,17H2,1-3H3/t12-,15+/m1/s1. The van der Waals surface area contributed by atoms with E-state index in [9.17, 15) is 0 Å². The summed E-state index contributed by atoms with van der Waals surface area (Å²) < 4.78 is 10.9. The van der Waals surface area contributed by atoms with E-state index in [1.54, 1.807) is 14.2 Å². The number of nitrogens with two attached hydrogens (primary N) is 1. The van der Waals surface area contributed by atoms with Crippen molar-refractivity contribution in [3.8, 4) is 11.5 Å². The summed E-state index contributed by atoms with van der Waals surface area (Å²) in [5.74, 6) is 2.47. The Morgan fingerprint density at radius 1 is 1.35 bits per heavy atom. The Kier molecular flexibility index (Phi) is 5.26. The zero-order valence-electron chi connectivity index (χ0n) is 12.8. The van der Waals surface area contributed by atoms with E-state index in [0.717, 1.165) is 36.1 Å². The largest absolute Gasteiger partial charge is 0.497 e. The zero-order valence-corrected chi connectivity index (χ0v) is 12.8. The fourth-order valence-corrected chi connectivity index (χ4v) is 3.08. The van der Waals surface area contributed by atoms with Crippen LogP contribution >= 0.6 is 0 Å². The number of piperidine rings is 1. The van der Waals surface area contributed by atoms with Crippen LogP contribution in [0, 0.1) is 5.92 Å². The van der Waals surface area contributed by atoms with E-state index in [0.29, 0.717) is 6.54 Å². The molecule has 1 saturated heterocycles. The predicted molar refractivity (Wildman–Crippen MR) is 81.3 cm³/mol. The summed E-state index contributed by atoms with van der Waals surface area (Å²) >= 11 is 0. The van der Waals surface area contributed by atoms with Gasteiger partial charge in [-0.3, -0.25) is 4.90 Å². The second-order valence-corrected chi connectivity index (χ2v) is 5.60. The van der Waals surface area contributed by atoms with E-state index >= 15 is 0 Å². The molecule has 2 rings (SSSR count). The van der Waals surface area contributed by atoms with Gasteiger partial charge in [-0.05, 0) is 43.5 Å². The minimum absolute atomic E-state index is 0.197. The van der Waals surface area contributed by atoms with Crippen LogP contribution in [0.15, 0.2) is 18.2 Å². The van der Waals surface area contributed by atoms with Gasteiger partial charge in [0.1, 0.15) is 11.5 Å². The van der Waals surface area contributed by atoms with E-state index in [1.165, 1.54) is 12.8 Å². The van der Waals surface area contributed by atoms with Gasteiger partial charge in [-0.15, -0.1) is 0 Å². The second kappa shape index (κ2) is 6.95. The van der Waals surface area contributed by atoms with Crippen LogP contribution in [0.1, 0.15) is 31.4 Å². The van der Waals surface area contributed by atoms with Crippen molar-refractivity contribution in [2.45, 2.75) is 25.8 Å². The van der Waals surface area contributed by atoms with Gasteiger partial charge in [0.25, 0.3) is 0 Å². The summed E-state index contributed by atoms with van der Waals surface area (Å²) in [6.45, 7) is 5.10. The lowest BCUT2D eigenvalue weighted by Gasteiger charge is -2.37. The molecule has 0 bridgehead atoms. The number of likely N-dealkylation sites (tertiary alicyclic amines) is 1. The molecule has 0 amide bonds. The van der Waals surface area contributed by atoms with Gasteiger partial charge in [0.15, 0.2) is 0 Å². The molecule has 0 radical (unpaired) electrons. The number of benzene rings is 1. The minimum Gasteiger partial charge on any atom is -0.497 e. The minimum atomic E-state index is 0.197. The van der Waals surface area contributed by atoms with E-state index in [-0.39, 0.29) is 6.04 Å². The Balaban J connectivity index is 2.29. The summed E-state index contributed by atoms with van der Waals surface area (Å²) in [7, 11) is 3.39. The number of nitrogens with zero attached hydrogens (tertiary/aromatic N) is 1. The average molecular weight is 278 g/mol. The summed E-state index contributed by atoms with van der Waals surface area (Å²) in [6, 6.07) is 6.14. The zero-order chi connectivity index (χ0) is 14.5. The smallest absolute Gasteiger partial charge is 0.123 e. The molecule has 1 aliphatic rings. The lowest BCUT2D eigenvalue weighted by molar-refractivity contribution is 0.131. The van der Waals surface area contributed by atoms with Crippen LogP contribution in [0.2, 0.25) is 0 Å². The maximum absolute atomic E-state index is 6.06. The third kappa shape index (κ3) is 3.25. The molecule has 0 spiro atoms. The summed E-state index contributed by atoms with van der Waals surface area (Å²) in [5, 5.41) is 0. The number of hydrogen-bond donors (Lipinski definition) is 1. The number of ether oxygens (including phenoxy) is 2. The Labute approximate surface area is 121 Å². The molecule has 112 valence electrons. The average Bonchev–Trinajstić information content (AvgIpc) is 2.48. The van der Waals surface area contributed by atoms with Crippen molar-refractivity contribution >= 4 is 0 Å². The van der Waals surface area contributed by atoms with E-state index in [2.05, 4.69) is 17.9 Å². The predicted octanol–water partition coefficient (Wildman–Crippen LogP) is 2.44. The highest BCUT2D eigenvalue weighted by Gasteiger charge is 2.26. The van der Waals surface area contributed by atoms with Gasteiger partial charge >= 0.3 is 0 Å². The number of methoxy groups -OCH3 is 2. The van der Waals surface area contributed by atoms with Gasteiger partial charge in [-0.25, -0.2) is 0 Å². The number of rotatable bonds is 5. The van der Waals surface area contributed by atoms with E-state index < -0.39 is 0 Å². The van der Waals surface area contributed by atoms with Crippen molar-refractivity contribution < 1.29 is 9.47 Å². The van der Waals surface area contributed by atoms with Crippen LogP contribution in [0.5, 0.6) is 11.5 Å². The van der Waals surface area contributed by atoms with Crippen LogP contribution in [-0.2, 0) is 0 Å². The highest BCUT2D eigenvalue weighted by molar-refractivity contribution is 5.42. The van der Waals surface area contributed by atoms with Crippen molar-refractivity contribution in [1.29, 1.82) is 0 Å². The SMILES string of the molecule is COc1ccc(OC)c([C@H](CN)N2CCC[C@@H](C)C2)c1. The molecule has 1 aromatic rings. The van der Waals surface area contributed by atoms with Crippen molar-refractivity contribution in [1.82, 2.24) is 4.90 Å². The van der Waals surface area contributed by atoms with Crippen molar-refractivity contribution in [2.75, 3.05) is 33.9 Å². The molecule has 0 saturated carbocycles. The van der Waals surface area contributed by atoms with Crippen LogP contribution in [0.4, 0.5) is 0 Å². The molecule has 0 unspecified atom stereocenters. The third-order valence-electron chi connectivity index (χ3n) is 4.15. The van der Waals surface area contributed by atoms with Gasteiger partial charge in [0.2, 0.25) is 0 Å². The van der Waals surface area contributed by atoms with Crippen molar-refractivity contribution in [3.05, 3.63) is 23.8 Å². The molecule has 2 N–H and O–H groups in total. The summed E-state index contributed by atoms with van der Waals surface area (Å²) in [4.78, 5) is 2.48. The van der Waals surface area contributed by atoms with Crippen LogP contribution in [-0.4, -0.2) is 38.8 Å². The van der Waals surface area contributed by atoms with Gasteiger partial charge in [-0.2, -0.15) is 0 Å². The first kappa shape index (κ1) is 15.1. The van der Waals surface area contributed by atoms with Crippen molar-refractivity contribution in [3.63, 3.8) is 0 Å². The summed E-state index contributed by atoms with van der Waals surface area (Å²) in [5.41, 5.74) is 7.19. The van der Waals surface area contributed by atoms with Gasteiger partial charge in [-0.1, -0.05) is 6.92 Å².